The highest BCUT2D eigenvalue weighted by Gasteiger charge is 2.18. The first-order valence-corrected chi connectivity index (χ1v) is 12.9. The summed E-state index contributed by atoms with van der Waals surface area (Å²) in [5.41, 5.74) is 0.917. The van der Waals surface area contributed by atoms with E-state index in [0.717, 1.165) is 0 Å². The number of hydrogen-bond acceptors (Lipinski definition) is 11. The van der Waals surface area contributed by atoms with Gasteiger partial charge in [-0.25, -0.2) is 14.4 Å². The van der Waals surface area contributed by atoms with Crippen molar-refractivity contribution in [3.63, 3.8) is 0 Å². The normalized spacial score (nSPS) is 10.8. The molecule has 0 heterocycles. The standard InChI is InChI=1S/C29H31NO9S/c1-18(2)28(33)37-15-13-35-22-11-12-26(24(17-22)36-14-16-38-29(34)19(3)4)40-25-10-8-7-9-23(25)27(32)20(5)30-39-21(6)31/h7-12,17H,1,3,13-16H2,2,4-6H3/b30-20+. The van der Waals surface area contributed by atoms with Crippen LogP contribution in [0.5, 0.6) is 11.5 Å². The van der Waals surface area contributed by atoms with E-state index in [2.05, 4.69) is 23.2 Å². The maximum atomic E-state index is 13.0. The van der Waals surface area contributed by atoms with E-state index in [1.807, 2.05) is 0 Å². The first-order chi connectivity index (χ1) is 19.0. The molecule has 0 aliphatic heterocycles. The Bertz CT molecular complexity index is 1320. The van der Waals surface area contributed by atoms with Crippen LogP contribution in [0.25, 0.3) is 0 Å². The van der Waals surface area contributed by atoms with E-state index in [1.54, 1.807) is 56.3 Å². The first kappa shape index (κ1) is 31.8. The van der Waals surface area contributed by atoms with Crippen molar-refractivity contribution >= 4 is 41.2 Å². The van der Waals surface area contributed by atoms with Crippen LogP contribution in [0.2, 0.25) is 0 Å². The van der Waals surface area contributed by atoms with E-state index in [0.29, 0.717) is 26.9 Å². The number of nitrogens with zero attached hydrogens (tertiary/aromatic N) is 1. The Morgan fingerprint density at radius 2 is 1.38 bits per heavy atom. The summed E-state index contributed by atoms with van der Waals surface area (Å²) in [7, 11) is 0. The fraction of sp³-hybridized carbons (Fsp3) is 0.276. The summed E-state index contributed by atoms with van der Waals surface area (Å²) >= 11 is 1.26. The third-order valence-electron chi connectivity index (χ3n) is 4.76. The first-order valence-electron chi connectivity index (χ1n) is 12.1. The molecule has 0 fully saturated rings. The zero-order valence-electron chi connectivity index (χ0n) is 22.8. The minimum atomic E-state index is -0.637. The number of hydrogen-bond donors (Lipinski definition) is 0. The summed E-state index contributed by atoms with van der Waals surface area (Å²) in [6, 6.07) is 12.0. The van der Waals surface area contributed by atoms with Crippen molar-refractivity contribution in [3.05, 3.63) is 72.3 Å². The van der Waals surface area contributed by atoms with Gasteiger partial charge in [0.05, 0.1) is 4.90 Å². The summed E-state index contributed by atoms with van der Waals surface area (Å²) in [4.78, 5) is 53.1. The molecule has 11 heteroatoms. The van der Waals surface area contributed by atoms with Gasteiger partial charge >= 0.3 is 17.9 Å². The summed E-state index contributed by atoms with van der Waals surface area (Å²) in [5.74, 6) is -1.24. The smallest absolute Gasteiger partial charge is 0.333 e. The summed E-state index contributed by atoms with van der Waals surface area (Å²) < 4.78 is 21.7. The van der Waals surface area contributed by atoms with Crippen molar-refractivity contribution in [2.75, 3.05) is 26.4 Å². The van der Waals surface area contributed by atoms with Crippen LogP contribution in [0.1, 0.15) is 38.1 Å². The maximum absolute atomic E-state index is 13.0. The quantitative estimate of drug-likeness (QED) is 0.0553. The van der Waals surface area contributed by atoms with Crippen LogP contribution in [-0.4, -0.2) is 55.8 Å². The molecule has 0 bridgehead atoms. The van der Waals surface area contributed by atoms with Crippen molar-refractivity contribution in [1.82, 2.24) is 0 Å². The number of benzene rings is 2. The fourth-order valence-electron chi connectivity index (χ4n) is 2.83. The number of ketones is 1. The summed E-state index contributed by atoms with van der Waals surface area (Å²) in [5, 5.41) is 3.59. The average Bonchev–Trinajstić information content (AvgIpc) is 2.92. The highest BCUT2D eigenvalue weighted by Crippen LogP contribution is 2.39. The molecular formula is C29H31NO9S. The molecule has 2 aromatic rings. The number of esters is 2. The number of oxime groups is 1. The number of ether oxygens (including phenoxy) is 4. The molecular weight excluding hydrogens is 538 g/mol. The molecule has 0 amide bonds. The van der Waals surface area contributed by atoms with Crippen LogP contribution in [-0.2, 0) is 28.7 Å². The highest BCUT2D eigenvalue weighted by atomic mass is 32.2. The second-order valence-electron chi connectivity index (χ2n) is 8.32. The minimum Gasteiger partial charge on any atom is -0.490 e. The highest BCUT2D eigenvalue weighted by molar-refractivity contribution is 7.99. The zero-order valence-corrected chi connectivity index (χ0v) is 23.6. The van der Waals surface area contributed by atoms with Gasteiger partial charge in [-0.05, 0) is 45.0 Å². The topological polar surface area (TPSA) is 127 Å². The Balaban J connectivity index is 2.25. The Morgan fingerprint density at radius 1 is 0.775 bits per heavy atom. The third-order valence-corrected chi connectivity index (χ3v) is 5.90. The number of carbonyl (C=O) groups is 4. The Labute approximate surface area is 236 Å². The Kier molecular flexibility index (Phi) is 12.6. The molecule has 40 heavy (non-hydrogen) atoms. The lowest BCUT2D eigenvalue weighted by Crippen LogP contribution is -2.14. The lowest BCUT2D eigenvalue weighted by Gasteiger charge is -2.15. The molecule has 0 radical (unpaired) electrons. The van der Waals surface area contributed by atoms with Gasteiger partial charge in [0, 0.05) is 34.6 Å². The lowest BCUT2D eigenvalue weighted by atomic mass is 10.1. The van der Waals surface area contributed by atoms with Crippen molar-refractivity contribution < 1.29 is 43.0 Å². The van der Waals surface area contributed by atoms with Crippen LogP contribution >= 0.6 is 11.8 Å². The monoisotopic (exact) mass is 569 g/mol. The van der Waals surface area contributed by atoms with Crippen molar-refractivity contribution in [2.45, 2.75) is 37.5 Å². The third kappa shape index (κ3) is 10.4. The largest absolute Gasteiger partial charge is 0.490 e. The lowest BCUT2D eigenvalue weighted by molar-refractivity contribution is -0.141. The van der Waals surface area contributed by atoms with Gasteiger partial charge in [-0.2, -0.15) is 0 Å². The second-order valence-corrected chi connectivity index (χ2v) is 9.41. The predicted molar refractivity (Wildman–Crippen MR) is 149 cm³/mol. The molecule has 0 atom stereocenters. The van der Waals surface area contributed by atoms with E-state index < -0.39 is 23.7 Å². The molecule has 0 aromatic heterocycles. The van der Waals surface area contributed by atoms with Gasteiger partial charge in [0.25, 0.3) is 0 Å². The molecule has 0 spiro atoms. The number of Topliss-reactive ketones (excluding diaryl/α,β-unsaturated/α-hetero) is 1. The predicted octanol–water partition coefficient (Wildman–Crippen LogP) is 4.96. The van der Waals surface area contributed by atoms with Crippen molar-refractivity contribution in [3.8, 4) is 11.5 Å². The van der Waals surface area contributed by atoms with Crippen molar-refractivity contribution in [1.29, 1.82) is 0 Å². The molecule has 2 aromatic carbocycles. The van der Waals surface area contributed by atoms with Gasteiger partial charge in [-0.1, -0.05) is 42.2 Å². The van der Waals surface area contributed by atoms with Crippen LogP contribution in [0, 0.1) is 0 Å². The van der Waals surface area contributed by atoms with E-state index in [4.69, 9.17) is 18.9 Å². The van der Waals surface area contributed by atoms with E-state index in [-0.39, 0.29) is 43.3 Å². The SMILES string of the molecule is C=C(C)C(=O)OCCOc1ccc(Sc2ccccc2C(=O)/C(C)=N/OC(C)=O)c(OCCOC(=O)C(=C)C)c1. The zero-order chi connectivity index (χ0) is 29.7. The summed E-state index contributed by atoms with van der Waals surface area (Å²) in [6.07, 6.45) is 0. The molecule has 2 rings (SSSR count). The average molecular weight is 570 g/mol. The Morgan fingerprint density at radius 3 is 1.98 bits per heavy atom. The van der Waals surface area contributed by atoms with Crippen molar-refractivity contribution in [2.24, 2.45) is 5.16 Å². The fourth-order valence-corrected chi connectivity index (χ4v) is 3.84. The molecule has 0 saturated heterocycles. The number of rotatable bonds is 15. The van der Waals surface area contributed by atoms with Gasteiger partial charge < -0.3 is 23.8 Å². The van der Waals surface area contributed by atoms with Gasteiger partial charge in [-0.15, -0.1) is 0 Å². The molecule has 0 unspecified atom stereocenters. The van der Waals surface area contributed by atoms with Crippen LogP contribution < -0.4 is 9.47 Å². The maximum Gasteiger partial charge on any atom is 0.333 e. The molecule has 0 saturated carbocycles. The van der Waals surface area contributed by atoms with Gasteiger partial charge in [0.2, 0.25) is 5.78 Å². The van der Waals surface area contributed by atoms with Gasteiger partial charge in [0.1, 0.15) is 43.6 Å². The summed E-state index contributed by atoms with van der Waals surface area (Å²) in [6.45, 7) is 13.0. The molecule has 10 nitrogen and oxygen atoms in total. The number of carbonyl (C=O) groups excluding carboxylic acids is 4. The van der Waals surface area contributed by atoms with E-state index in [1.165, 1.54) is 25.6 Å². The molecule has 0 aliphatic carbocycles. The molecule has 0 aliphatic rings. The van der Waals surface area contributed by atoms with Gasteiger partial charge in [-0.3, -0.25) is 4.79 Å². The minimum absolute atomic E-state index is 0.00940. The van der Waals surface area contributed by atoms with Gasteiger partial charge in [0.15, 0.2) is 0 Å². The molecule has 0 N–H and O–H groups in total. The van der Waals surface area contributed by atoms with Crippen LogP contribution in [0.4, 0.5) is 0 Å². The van der Waals surface area contributed by atoms with E-state index in [9.17, 15) is 19.2 Å². The van der Waals surface area contributed by atoms with Crippen LogP contribution in [0.3, 0.4) is 0 Å². The van der Waals surface area contributed by atoms with E-state index >= 15 is 0 Å². The second kappa shape index (κ2) is 15.9. The Hall–Kier alpha value is -4.38. The molecule has 212 valence electrons. The van der Waals surface area contributed by atoms with Crippen LogP contribution in [0.15, 0.2) is 81.7 Å².